The van der Waals surface area contributed by atoms with Gasteiger partial charge in [-0.2, -0.15) is 7.82 Å². The Kier molecular flexibility index (Phi) is 141. The molecule has 0 saturated carbocycles. The van der Waals surface area contributed by atoms with Gasteiger partial charge in [0, 0.05) is 0 Å². The van der Waals surface area contributed by atoms with Gasteiger partial charge < -0.3 is 48.1 Å². The third kappa shape index (κ3) is 170. The summed E-state index contributed by atoms with van der Waals surface area (Å²) in [6.45, 7) is 0. The quantitative estimate of drug-likeness (QED) is 0.313. The van der Waals surface area contributed by atoms with Gasteiger partial charge in [0.2, 0.25) is 0 Å². The van der Waals surface area contributed by atoms with E-state index in [1.807, 2.05) is 0 Å². The first kappa shape index (κ1) is 57.8. The van der Waals surface area contributed by atoms with Crippen LogP contribution in [-0.2, 0) is 4.57 Å². The van der Waals surface area contributed by atoms with Crippen molar-refractivity contribution in [1.82, 2.24) is 0 Å². The predicted octanol–water partition coefficient (Wildman–Crippen LogP) is -14.7. The minimum Gasteiger partial charge on any atom is -1.00 e. The van der Waals surface area contributed by atoms with Gasteiger partial charge in [0.1, 0.15) is 0 Å². The summed E-state index contributed by atoms with van der Waals surface area (Å²) >= 11 is 0. The summed E-state index contributed by atoms with van der Waals surface area (Å²) in [6, 6.07) is 0. The van der Waals surface area contributed by atoms with Gasteiger partial charge >= 0.3 is 96.9 Å². The average Bonchev–Trinajstić information content (AvgIpc) is 0.722. The van der Waals surface area contributed by atoms with Gasteiger partial charge in [0.15, 0.2) is 0 Å². The van der Waals surface area contributed by atoms with Crippen LogP contribution in [0.1, 0.15) is 0 Å². The molecule has 0 unspecified atom stereocenters. The second-order valence-corrected chi connectivity index (χ2v) is 1.34. The minimum atomic E-state index is -5.39. The van der Waals surface area contributed by atoms with E-state index in [9.17, 15) is 0 Å². The van der Waals surface area contributed by atoms with Crippen molar-refractivity contribution in [2.45, 2.75) is 0 Å². The first-order valence-electron chi connectivity index (χ1n) is 0.730. The van der Waals surface area contributed by atoms with Crippen molar-refractivity contribution < 1.29 is 107 Å². The molecule has 6 N–H and O–H groups in total. The maximum Gasteiger partial charge on any atom is 2.00 e. The molecule has 0 spiro atoms. The van der Waals surface area contributed by atoms with Crippen molar-refractivity contribution in [2.24, 2.45) is 0 Å². The Bertz CT molecular complexity index is 67.5. The molecule has 0 aromatic heterocycles. The molecule has 0 atom stereocenters. The maximum atomic E-state index is 8.55. The molecule has 12 heteroatoms. The third-order valence-corrected chi connectivity index (χ3v) is 0. The molecule has 7 nitrogen and oxygen atoms in total. The standard InChI is InChI=1S/Ca.ClH.2Na.H3O4P.3H2O/c;;;;1-5(2,3)4;;;/h;1H;;;(H3,1,2,3,4);3*1H2/q+2;;2*+1;;;;/p-4. The zero-order valence-electron chi connectivity index (χ0n) is 6.67. The Morgan fingerprint density at radius 1 is 0.833 bits per heavy atom. The Hall–Kier alpha value is 3.54. The van der Waals surface area contributed by atoms with Crippen LogP contribution in [0.5, 0.6) is 0 Å². The number of hydrogen-bond donors (Lipinski definition) is 0. The topological polar surface area (TPSA) is 181 Å². The molecule has 64 valence electrons. The molecule has 0 heterocycles. The smallest absolute Gasteiger partial charge is 1.00 e. The van der Waals surface area contributed by atoms with Crippen LogP contribution in [0.4, 0.5) is 0 Å². The summed E-state index contributed by atoms with van der Waals surface area (Å²) in [5.74, 6) is 0. The van der Waals surface area contributed by atoms with E-state index in [-0.39, 0.29) is 126 Å². The van der Waals surface area contributed by atoms with Crippen LogP contribution in [-0.4, -0.2) is 54.2 Å². The number of phosphoric acid groups is 1. The monoisotopic (exact) mass is 270 g/mol. The van der Waals surface area contributed by atoms with Gasteiger partial charge in [-0.3, -0.25) is 0 Å². The molecule has 12 heavy (non-hydrogen) atoms. The van der Waals surface area contributed by atoms with Gasteiger partial charge in [-0.05, 0) is 0 Å². The molecule has 0 saturated heterocycles. The van der Waals surface area contributed by atoms with Crippen molar-refractivity contribution in [3.63, 3.8) is 0 Å². The SMILES string of the molecule is O.O.O.O=P([O-])([O-])[O-].[Ca+2].[Cl-].[Na+].[Na+]. The van der Waals surface area contributed by atoms with Crippen molar-refractivity contribution in [2.75, 3.05) is 0 Å². The summed E-state index contributed by atoms with van der Waals surface area (Å²) in [5, 5.41) is 0. The molecule has 0 aliphatic carbocycles. The van der Waals surface area contributed by atoms with E-state index < -0.39 is 7.82 Å². The fourth-order valence-corrected chi connectivity index (χ4v) is 0. The van der Waals surface area contributed by atoms with Gasteiger partial charge in [-0.1, -0.05) is 0 Å². The molecular formula is H6CaClNa2O7P. The molecule has 0 radical (unpaired) electrons. The van der Waals surface area contributed by atoms with Crippen LogP contribution in [0.3, 0.4) is 0 Å². The Balaban J connectivity index is -0.00000000381. The molecule has 0 aliphatic heterocycles. The van der Waals surface area contributed by atoms with Crippen molar-refractivity contribution in [3.05, 3.63) is 0 Å². The summed E-state index contributed by atoms with van der Waals surface area (Å²) in [7, 11) is -5.39. The van der Waals surface area contributed by atoms with E-state index in [0.29, 0.717) is 0 Å². The summed E-state index contributed by atoms with van der Waals surface area (Å²) in [4.78, 5) is 25.6. The van der Waals surface area contributed by atoms with Gasteiger partial charge in [-0.25, -0.2) is 0 Å². The van der Waals surface area contributed by atoms with E-state index in [1.165, 1.54) is 0 Å². The fourth-order valence-electron chi connectivity index (χ4n) is 0. The zero-order valence-corrected chi connectivity index (χ0v) is 14.5. The van der Waals surface area contributed by atoms with Crippen molar-refractivity contribution in [1.29, 1.82) is 0 Å². The first-order chi connectivity index (χ1) is 2.00. The minimum absolute atomic E-state index is 0. The Labute approximate surface area is 150 Å². The molecule has 0 aliphatic rings. The van der Waals surface area contributed by atoms with E-state index in [1.54, 1.807) is 0 Å². The van der Waals surface area contributed by atoms with Gasteiger partial charge in [-0.15, -0.1) is 0 Å². The van der Waals surface area contributed by atoms with Crippen LogP contribution < -0.4 is 86.2 Å². The normalized spacial score (nSPS) is 4.92. The molecule has 0 aromatic rings. The average molecular weight is 271 g/mol. The molecular weight excluding hydrogens is 264 g/mol. The number of rotatable bonds is 0. The molecule has 0 bridgehead atoms. The van der Waals surface area contributed by atoms with Crippen LogP contribution in [0, 0.1) is 0 Å². The van der Waals surface area contributed by atoms with E-state index in [2.05, 4.69) is 0 Å². The van der Waals surface area contributed by atoms with Crippen LogP contribution in [0.25, 0.3) is 0 Å². The summed E-state index contributed by atoms with van der Waals surface area (Å²) in [6.07, 6.45) is 0. The fraction of sp³-hybridized carbons (Fsp3) is 0. The van der Waals surface area contributed by atoms with E-state index in [0.717, 1.165) is 0 Å². The number of hydrogen-bond acceptors (Lipinski definition) is 4. The first-order valence-corrected chi connectivity index (χ1v) is 2.19. The largest absolute Gasteiger partial charge is 2.00 e. The van der Waals surface area contributed by atoms with E-state index in [4.69, 9.17) is 19.2 Å². The molecule has 0 fully saturated rings. The van der Waals surface area contributed by atoms with Crippen LogP contribution in [0.15, 0.2) is 0 Å². The summed E-state index contributed by atoms with van der Waals surface area (Å²) < 4.78 is 8.55. The predicted molar refractivity (Wildman–Crippen MR) is 24.2 cm³/mol. The van der Waals surface area contributed by atoms with Gasteiger partial charge in [0.05, 0.1) is 0 Å². The number of halogens is 1. The van der Waals surface area contributed by atoms with Gasteiger partial charge in [0.25, 0.3) is 0 Å². The summed E-state index contributed by atoms with van der Waals surface area (Å²) in [5.41, 5.74) is 0. The van der Waals surface area contributed by atoms with Crippen molar-refractivity contribution >= 4 is 45.6 Å². The molecule has 0 aromatic carbocycles. The maximum absolute atomic E-state index is 8.55. The van der Waals surface area contributed by atoms with E-state index >= 15 is 0 Å². The van der Waals surface area contributed by atoms with Crippen molar-refractivity contribution in [3.8, 4) is 0 Å². The van der Waals surface area contributed by atoms with Crippen LogP contribution in [0.2, 0.25) is 0 Å². The Morgan fingerprint density at radius 2 is 0.833 bits per heavy atom. The molecule has 0 rings (SSSR count). The third-order valence-electron chi connectivity index (χ3n) is 0. The Morgan fingerprint density at radius 3 is 0.833 bits per heavy atom. The second kappa shape index (κ2) is 29.3. The zero-order chi connectivity index (χ0) is 4.50. The van der Waals surface area contributed by atoms with Crippen LogP contribution >= 0.6 is 7.82 Å². The molecule has 0 amide bonds. The second-order valence-electron chi connectivity index (χ2n) is 0.447.